The Hall–Kier alpha value is -0.720. The highest BCUT2D eigenvalue weighted by Crippen LogP contribution is 2.23. The molecule has 1 aromatic rings. The summed E-state index contributed by atoms with van der Waals surface area (Å²) in [6.45, 7) is 12.7. The van der Waals surface area contributed by atoms with Gasteiger partial charge in [0, 0.05) is 5.41 Å². The lowest BCUT2D eigenvalue weighted by atomic mass is 9.93. The van der Waals surface area contributed by atoms with E-state index in [1.165, 1.54) is 12.0 Å². The van der Waals surface area contributed by atoms with Crippen molar-refractivity contribution in [2.75, 3.05) is 0 Å². The molecular formula is C12H22O. The molecule has 1 heterocycles. The highest BCUT2D eigenvalue weighted by Gasteiger charge is 2.16. The van der Waals surface area contributed by atoms with Crippen molar-refractivity contribution in [1.29, 1.82) is 0 Å². The van der Waals surface area contributed by atoms with Crippen LogP contribution in [0.2, 0.25) is 0 Å². The zero-order valence-electron chi connectivity index (χ0n) is 9.77. The minimum atomic E-state index is 0.147. The van der Waals surface area contributed by atoms with Gasteiger partial charge in [0.1, 0.15) is 5.76 Å². The molecule has 0 aromatic carbocycles. The summed E-state index contributed by atoms with van der Waals surface area (Å²) in [5.74, 6) is 1.06. The van der Waals surface area contributed by atoms with Crippen LogP contribution in [-0.4, -0.2) is 0 Å². The van der Waals surface area contributed by atoms with Crippen molar-refractivity contribution in [3.05, 3.63) is 23.7 Å². The normalized spacial score (nSPS) is 10.6. The second-order valence-corrected chi connectivity index (χ2v) is 4.45. The van der Waals surface area contributed by atoms with E-state index in [0.717, 1.165) is 5.76 Å². The number of hydrogen-bond acceptors (Lipinski definition) is 1. The van der Waals surface area contributed by atoms with Crippen molar-refractivity contribution in [2.45, 2.75) is 53.4 Å². The van der Waals surface area contributed by atoms with Crippen LogP contribution >= 0.6 is 0 Å². The second kappa shape index (κ2) is 5.11. The third kappa shape index (κ3) is 4.76. The van der Waals surface area contributed by atoms with Gasteiger partial charge in [-0.3, -0.25) is 0 Å². The molecule has 0 radical (unpaired) electrons. The number of rotatable bonds is 0. The monoisotopic (exact) mass is 182 g/mol. The molecule has 0 fully saturated rings. The molecule has 0 unspecified atom stereocenters. The largest absolute Gasteiger partial charge is 0.469 e. The zero-order valence-corrected chi connectivity index (χ0v) is 9.77. The number of hydrogen-bond donors (Lipinski definition) is 0. The molecule has 0 aliphatic heterocycles. The predicted octanol–water partition coefficient (Wildman–Crippen LogP) is 4.30. The molecule has 0 atom stereocenters. The zero-order chi connectivity index (χ0) is 10.5. The summed E-state index contributed by atoms with van der Waals surface area (Å²) < 4.78 is 5.33. The first-order valence-electron chi connectivity index (χ1n) is 4.97. The summed E-state index contributed by atoms with van der Waals surface area (Å²) in [6, 6.07) is 2.08. The van der Waals surface area contributed by atoms with Crippen LogP contribution in [0.25, 0.3) is 0 Å². The van der Waals surface area contributed by atoms with Gasteiger partial charge in [0.25, 0.3) is 0 Å². The highest BCUT2D eigenvalue weighted by molar-refractivity contribution is 5.16. The molecule has 0 amide bonds. The topological polar surface area (TPSA) is 13.1 Å². The Kier molecular flexibility index (Phi) is 4.82. The van der Waals surface area contributed by atoms with Crippen molar-refractivity contribution in [2.24, 2.45) is 0 Å². The summed E-state index contributed by atoms with van der Waals surface area (Å²) >= 11 is 0. The molecule has 0 N–H and O–H groups in total. The molecule has 0 bridgehead atoms. The summed E-state index contributed by atoms with van der Waals surface area (Å²) in [4.78, 5) is 0. The first-order chi connectivity index (χ1) is 5.91. The fraction of sp³-hybridized carbons (Fsp3) is 0.667. The smallest absolute Gasteiger partial charge is 0.109 e. The standard InChI is InChI=1S/C9H14O.C3H8/c1-7-5-8(10-6-7)9(2,3)4;1-3-2/h5-6H,1-4H3;3H2,1-2H3. The lowest BCUT2D eigenvalue weighted by Gasteiger charge is -2.13. The van der Waals surface area contributed by atoms with E-state index in [0.29, 0.717) is 0 Å². The van der Waals surface area contributed by atoms with Crippen molar-refractivity contribution < 1.29 is 4.42 Å². The summed E-state index contributed by atoms with van der Waals surface area (Å²) in [5, 5.41) is 0. The van der Waals surface area contributed by atoms with Gasteiger partial charge in [-0.2, -0.15) is 0 Å². The van der Waals surface area contributed by atoms with Gasteiger partial charge in [0.2, 0.25) is 0 Å². The van der Waals surface area contributed by atoms with Crippen molar-refractivity contribution >= 4 is 0 Å². The van der Waals surface area contributed by atoms with Crippen LogP contribution < -0.4 is 0 Å². The fourth-order valence-electron chi connectivity index (χ4n) is 0.825. The maximum Gasteiger partial charge on any atom is 0.109 e. The maximum atomic E-state index is 5.33. The van der Waals surface area contributed by atoms with Crippen LogP contribution in [0.5, 0.6) is 0 Å². The van der Waals surface area contributed by atoms with Gasteiger partial charge in [-0.25, -0.2) is 0 Å². The van der Waals surface area contributed by atoms with E-state index < -0.39 is 0 Å². The second-order valence-electron chi connectivity index (χ2n) is 4.45. The van der Waals surface area contributed by atoms with Crippen LogP contribution in [0.1, 0.15) is 52.4 Å². The Labute approximate surface area is 82.2 Å². The van der Waals surface area contributed by atoms with Gasteiger partial charge < -0.3 is 4.42 Å². The molecular weight excluding hydrogens is 160 g/mol. The Morgan fingerprint density at radius 2 is 1.69 bits per heavy atom. The van der Waals surface area contributed by atoms with Gasteiger partial charge in [-0.05, 0) is 18.6 Å². The maximum absolute atomic E-state index is 5.33. The van der Waals surface area contributed by atoms with E-state index in [4.69, 9.17) is 4.42 Å². The molecule has 1 aromatic heterocycles. The van der Waals surface area contributed by atoms with Gasteiger partial charge in [-0.15, -0.1) is 0 Å². The van der Waals surface area contributed by atoms with E-state index in [1.807, 2.05) is 6.92 Å². The van der Waals surface area contributed by atoms with E-state index in [-0.39, 0.29) is 5.41 Å². The average molecular weight is 182 g/mol. The Morgan fingerprint density at radius 1 is 1.23 bits per heavy atom. The molecule has 1 nitrogen and oxygen atoms in total. The van der Waals surface area contributed by atoms with Crippen LogP contribution in [0.4, 0.5) is 0 Å². The molecule has 0 saturated heterocycles. The summed E-state index contributed by atoms with van der Waals surface area (Å²) in [6.07, 6.45) is 3.04. The van der Waals surface area contributed by atoms with E-state index >= 15 is 0 Å². The quantitative estimate of drug-likeness (QED) is 0.583. The van der Waals surface area contributed by atoms with Crippen molar-refractivity contribution in [3.8, 4) is 0 Å². The molecule has 0 spiro atoms. The van der Waals surface area contributed by atoms with Crippen molar-refractivity contribution in [1.82, 2.24) is 0 Å². The Morgan fingerprint density at radius 3 is 1.85 bits per heavy atom. The third-order valence-corrected chi connectivity index (χ3v) is 1.47. The highest BCUT2D eigenvalue weighted by atomic mass is 16.3. The summed E-state index contributed by atoms with van der Waals surface area (Å²) in [5.41, 5.74) is 1.35. The first kappa shape index (κ1) is 12.3. The Bertz CT molecular complexity index is 228. The van der Waals surface area contributed by atoms with Gasteiger partial charge in [0.05, 0.1) is 6.26 Å². The van der Waals surface area contributed by atoms with Crippen molar-refractivity contribution in [3.63, 3.8) is 0 Å². The molecule has 0 aliphatic carbocycles. The van der Waals surface area contributed by atoms with Gasteiger partial charge >= 0.3 is 0 Å². The molecule has 76 valence electrons. The summed E-state index contributed by atoms with van der Waals surface area (Å²) in [7, 11) is 0. The number of furan rings is 1. The molecule has 0 aliphatic rings. The van der Waals surface area contributed by atoms with Crippen LogP contribution in [0, 0.1) is 6.92 Å². The predicted molar refractivity (Wildman–Crippen MR) is 58.1 cm³/mol. The molecule has 1 rings (SSSR count). The molecule has 1 heteroatoms. The lowest BCUT2D eigenvalue weighted by Crippen LogP contribution is -2.08. The molecule has 0 saturated carbocycles. The minimum Gasteiger partial charge on any atom is -0.469 e. The number of aryl methyl sites for hydroxylation is 1. The van der Waals surface area contributed by atoms with Gasteiger partial charge in [-0.1, -0.05) is 41.0 Å². The van der Waals surface area contributed by atoms with E-state index in [2.05, 4.69) is 40.7 Å². The SMILES string of the molecule is CCC.Cc1coc(C(C)(C)C)c1. The van der Waals surface area contributed by atoms with Crippen LogP contribution in [0.15, 0.2) is 16.7 Å². The van der Waals surface area contributed by atoms with Crippen LogP contribution in [-0.2, 0) is 5.41 Å². The lowest BCUT2D eigenvalue weighted by molar-refractivity contribution is 0.409. The first-order valence-corrected chi connectivity index (χ1v) is 4.97. The Balaban J connectivity index is 0.000000424. The van der Waals surface area contributed by atoms with Crippen LogP contribution in [0.3, 0.4) is 0 Å². The fourth-order valence-corrected chi connectivity index (χ4v) is 0.825. The average Bonchev–Trinajstić information content (AvgIpc) is 2.35. The minimum absolute atomic E-state index is 0.147. The van der Waals surface area contributed by atoms with E-state index in [1.54, 1.807) is 6.26 Å². The third-order valence-electron chi connectivity index (χ3n) is 1.47. The van der Waals surface area contributed by atoms with Gasteiger partial charge in [0.15, 0.2) is 0 Å². The molecule has 13 heavy (non-hydrogen) atoms. The van der Waals surface area contributed by atoms with E-state index in [9.17, 15) is 0 Å².